The van der Waals surface area contributed by atoms with Gasteiger partial charge in [-0.1, -0.05) is 20.8 Å². The van der Waals surface area contributed by atoms with Crippen LogP contribution in [0.4, 0.5) is 0 Å². The highest BCUT2D eigenvalue weighted by molar-refractivity contribution is 6.01. The molecule has 3 aliphatic carbocycles. The van der Waals surface area contributed by atoms with Crippen molar-refractivity contribution in [2.45, 2.75) is 70.2 Å². The predicted octanol–water partition coefficient (Wildman–Crippen LogP) is 2.06. The van der Waals surface area contributed by atoms with Crippen LogP contribution in [0.1, 0.15) is 53.4 Å². The molecule has 1 saturated heterocycles. The van der Waals surface area contributed by atoms with Crippen LogP contribution >= 0.6 is 0 Å². The number of hydrogen-bond donors (Lipinski definition) is 1. The lowest BCUT2D eigenvalue weighted by molar-refractivity contribution is -0.171. The summed E-state index contributed by atoms with van der Waals surface area (Å²) in [6.45, 7) is 8.46. The van der Waals surface area contributed by atoms with E-state index in [0.717, 1.165) is 19.3 Å². The van der Waals surface area contributed by atoms with E-state index in [0.29, 0.717) is 6.42 Å². The molecule has 4 rings (SSSR count). The Balaban J connectivity index is 1.89. The molecule has 4 fully saturated rings. The molecule has 0 aromatic heterocycles. The van der Waals surface area contributed by atoms with Gasteiger partial charge in [-0.2, -0.15) is 0 Å². The Kier molecular flexibility index (Phi) is 1.55. The number of carbonyl (C=O) groups excluding carboxylic acids is 1. The number of hydrogen-bond acceptors (Lipinski definition) is 3. The molecule has 1 N–H and O–H groups in total. The van der Waals surface area contributed by atoms with Crippen molar-refractivity contribution in [1.29, 1.82) is 0 Å². The number of epoxide rings is 1. The van der Waals surface area contributed by atoms with Crippen molar-refractivity contribution in [3.05, 3.63) is 0 Å². The Morgan fingerprint density at radius 1 is 1.22 bits per heavy atom. The Hall–Kier alpha value is -0.410. The molecule has 1 heterocycles. The van der Waals surface area contributed by atoms with Crippen LogP contribution < -0.4 is 0 Å². The Bertz CT molecular complexity index is 484. The highest BCUT2D eigenvalue weighted by Crippen LogP contribution is 2.79. The number of aliphatic hydroxyl groups is 1. The summed E-state index contributed by atoms with van der Waals surface area (Å²) < 4.78 is 5.93. The third kappa shape index (κ3) is 0.821. The summed E-state index contributed by atoms with van der Waals surface area (Å²) in [5, 5.41) is 11.0. The van der Waals surface area contributed by atoms with Crippen molar-refractivity contribution < 1.29 is 14.6 Å². The first-order valence-corrected chi connectivity index (χ1v) is 7.09. The molecule has 0 unspecified atom stereocenters. The molecule has 100 valence electrons. The van der Waals surface area contributed by atoms with E-state index in [1.807, 2.05) is 6.92 Å². The lowest BCUT2D eigenvalue weighted by atomic mass is 9.44. The van der Waals surface area contributed by atoms with Crippen molar-refractivity contribution in [3.8, 4) is 0 Å². The fourth-order valence-corrected chi connectivity index (χ4v) is 5.76. The molecule has 0 bridgehead atoms. The van der Waals surface area contributed by atoms with E-state index in [2.05, 4.69) is 20.8 Å². The summed E-state index contributed by atoms with van der Waals surface area (Å²) in [5.41, 5.74) is -2.03. The lowest BCUT2D eigenvalue weighted by Gasteiger charge is -2.57. The molecule has 1 spiro atoms. The summed E-state index contributed by atoms with van der Waals surface area (Å²) >= 11 is 0. The van der Waals surface area contributed by atoms with E-state index in [-0.39, 0.29) is 28.1 Å². The van der Waals surface area contributed by atoms with Gasteiger partial charge in [-0.05, 0) is 38.0 Å². The van der Waals surface area contributed by atoms with Gasteiger partial charge in [0.05, 0.1) is 0 Å². The smallest absolute Gasteiger partial charge is 0.199 e. The zero-order valence-electron chi connectivity index (χ0n) is 11.7. The average molecular weight is 250 g/mol. The second-order valence-electron chi connectivity index (χ2n) is 8.23. The van der Waals surface area contributed by atoms with Gasteiger partial charge in [-0.15, -0.1) is 0 Å². The number of rotatable bonds is 0. The molecular weight excluding hydrogens is 228 g/mol. The third-order valence-corrected chi connectivity index (χ3v) is 6.70. The second-order valence-corrected chi connectivity index (χ2v) is 8.23. The molecule has 3 nitrogen and oxygen atoms in total. The van der Waals surface area contributed by atoms with E-state index in [9.17, 15) is 9.90 Å². The fraction of sp³-hybridized carbons (Fsp3) is 0.933. The lowest BCUT2D eigenvalue weighted by Crippen LogP contribution is -2.69. The fourth-order valence-electron chi connectivity index (χ4n) is 5.76. The van der Waals surface area contributed by atoms with Crippen LogP contribution in [0.3, 0.4) is 0 Å². The Morgan fingerprint density at radius 2 is 1.89 bits per heavy atom. The first-order valence-electron chi connectivity index (χ1n) is 7.09. The van der Waals surface area contributed by atoms with Gasteiger partial charge in [0.15, 0.2) is 11.4 Å². The number of Topliss-reactive ketones (excluding diaryl/α,β-unsaturated/α-hetero) is 1. The van der Waals surface area contributed by atoms with Crippen LogP contribution in [0.15, 0.2) is 0 Å². The quantitative estimate of drug-likeness (QED) is 0.669. The van der Waals surface area contributed by atoms with Crippen molar-refractivity contribution in [2.75, 3.05) is 0 Å². The molecule has 18 heavy (non-hydrogen) atoms. The molecule has 0 aromatic carbocycles. The van der Waals surface area contributed by atoms with E-state index in [1.54, 1.807) is 0 Å². The van der Waals surface area contributed by atoms with Crippen LogP contribution in [0.5, 0.6) is 0 Å². The van der Waals surface area contributed by atoms with E-state index >= 15 is 0 Å². The minimum absolute atomic E-state index is 0.00181. The molecule has 3 saturated carbocycles. The van der Waals surface area contributed by atoms with Crippen LogP contribution in [0.25, 0.3) is 0 Å². The maximum atomic E-state index is 12.7. The SMILES string of the molecule is CC1(C)C[C@H]2[C@@](O)(C1)C(=O)[C@]1(C)O[C@@]13CC[C@]23C. The number of ether oxygens (including phenoxy) is 1. The maximum absolute atomic E-state index is 12.7. The molecular formula is C15H22O3. The van der Waals surface area contributed by atoms with Gasteiger partial charge in [-0.3, -0.25) is 4.79 Å². The summed E-state index contributed by atoms with van der Waals surface area (Å²) in [6, 6.07) is 0. The standard InChI is InChI=1S/C15H22O3/c1-11(2)7-9-12(3)5-6-15(12)13(4,18-15)10(16)14(9,17)8-11/h9,17H,5-8H2,1-4H3/t9-,12-,13+,14+,15-/m1/s1. The minimum Gasteiger partial charge on any atom is -0.382 e. The first kappa shape index (κ1) is 11.4. The first-order chi connectivity index (χ1) is 8.12. The number of fused-ring (bicyclic) bond motifs is 2. The van der Waals surface area contributed by atoms with Crippen LogP contribution in [-0.2, 0) is 9.53 Å². The number of ketones is 1. The molecule has 1 aliphatic heterocycles. The summed E-state index contributed by atoms with van der Waals surface area (Å²) in [5.74, 6) is 0.0413. The maximum Gasteiger partial charge on any atom is 0.199 e. The van der Waals surface area contributed by atoms with Gasteiger partial charge in [-0.25, -0.2) is 0 Å². The largest absolute Gasteiger partial charge is 0.382 e. The van der Waals surface area contributed by atoms with Crippen molar-refractivity contribution in [1.82, 2.24) is 0 Å². The summed E-state index contributed by atoms with van der Waals surface area (Å²) in [4.78, 5) is 12.7. The van der Waals surface area contributed by atoms with Crippen molar-refractivity contribution >= 4 is 5.78 Å². The van der Waals surface area contributed by atoms with Crippen molar-refractivity contribution in [2.24, 2.45) is 16.7 Å². The molecule has 0 amide bonds. The van der Waals surface area contributed by atoms with Crippen LogP contribution in [0, 0.1) is 16.7 Å². The number of carbonyl (C=O) groups is 1. The highest BCUT2D eigenvalue weighted by Gasteiger charge is 2.90. The van der Waals surface area contributed by atoms with Crippen LogP contribution in [-0.4, -0.2) is 27.7 Å². The molecule has 4 aliphatic rings. The monoisotopic (exact) mass is 250 g/mol. The van der Waals surface area contributed by atoms with Gasteiger partial charge in [0, 0.05) is 11.3 Å². The summed E-state index contributed by atoms with van der Waals surface area (Å²) in [6.07, 6.45) is 3.60. The molecule has 3 heteroatoms. The normalized spacial score (nSPS) is 63.6. The van der Waals surface area contributed by atoms with Gasteiger partial charge >= 0.3 is 0 Å². The van der Waals surface area contributed by atoms with Crippen LogP contribution in [0.2, 0.25) is 0 Å². The molecule has 0 radical (unpaired) electrons. The second kappa shape index (κ2) is 2.45. The zero-order chi connectivity index (χ0) is 13.2. The highest BCUT2D eigenvalue weighted by atomic mass is 16.6. The predicted molar refractivity (Wildman–Crippen MR) is 66.0 cm³/mol. The van der Waals surface area contributed by atoms with E-state index in [4.69, 9.17) is 4.74 Å². The van der Waals surface area contributed by atoms with E-state index < -0.39 is 11.2 Å². The molecule has 5 atom stereocenters. The topological polar surface area (TPSA) is 49.8 Å². The van der Waals surface area contributed by atoms with E-state index in [1.165, 1.54) is 0 Å². The Labute approximate surface area is 108 Å². The van der Waals surface area contributed by atoms with Crippen molar-refractivity contribution in [3.63, 3.8) is 0 Å². The van der Waals surface area contributed by atoms with Gasteiger partial charge in [0.2, 0.25) is 0 Å². The van der Waals surface area contributed by atoms with Gasteiger partial charge in [0.1, 0.15) is 11.2 Å². The Morgan fingerprint density at radius 3 is 2.44 bits per heavy atom. The van der Waals surface area contributed by atoms with Gasteiger partial charge in [0.25, 0.3) is 0 Å². The average Bonchev–Trinajstić information content (AvgIpc) is 2.84. The van der Waals surface area contributed by atoms with Gasteiger partial charge < -0.3 is 9.84 Å². The molecule has 0 aromatic rings. The minimum atomic E-state index is -1.15. The summed E-state index contributed by atoms with van der Waals surface area (Å²) in [7, 11) is 0. The zero-order valence-corrected chi connectivity index (χ0v) is 11.7. The third-order valence-electron chi connectivity index (χ3n) is 6.70.